The third kappa shape index (κ3) is 2.80. The van der Waals surface area contributed by atoms with Crippen LogP contribution in [0.15, 0.2) is 42.5 Å². The minimum atomic E-state index is -4.35. The zero-order chi connectivity index (χ0) is 15.7. The highest BCUT2D eigenvalue weighted by molar-refractivity contribution is 5.39. The highest BCUT2D eigenvalue weighted by Crippen LogP contribution is 2.29. The minimum Gasteiger partial charge on any atom is -0.325 e. The number of nitrogens with two attached hydrogens (primary N) is 1. The Morgan fingerprint density at radius 3 is 2.59 bits per heavy atom. The first-order valence-corrected chi connectivity index (χ1v) is 6.67. The molecule has 0 spiro atoms. The van der Waals surface area contributed by atoms with Gasteiger partial charge in [-0.1, -0.05) is 24.3 Å². The van der Waals surface area contributed by atoms with Crippen LogP contribution in [0.25, 0.3) is 5.65 Å². The summed E-state index contributed by atoms with van der Waals surface area (Å²) in [7, 11) is 0. The lowest BCUT2D eigenvalue weighted by atomic mass is 10.1. The zero-order valence-electron chi connectivity index (χ0n) is 11.5. The molecule has 1 aromatic carbocycles. The quantitative estimate of drug-likeness (QED) is 0.809. The third-order valence-corrected chi connectivity index (χ3v) is 3.31. The van der Waals surface area contributed by atoms with Crippen LogP contribution in [0.1, 0.15) is 22.6 Å². The Bertz CT molecular complexity index is 808. The molecular weight excluding hydrogens is 293 g/mol. The van der Waals surface area contributed by atoms with E-state index in [1.54, 1.807) is 16.6 Å². The van der Waals surface area contributed by atoms with Crippen molar-refractivity contribution >= 4 is 5.65 Å². The number of rotatable bonds is 3. The van der Waals surface area contributed by atoms with Gasteiger partial charge in [-0.05, 0) is 23.8 Å². The number of aromatic nitrogens is 3. The van der Waals surface area contributed by atoms with Gasteiger partial charge in [0.05, 0.1) is 11.3 Å². The number of pyridine rings is 1. The van der Waals surface area contributed by atoms with Crippen LogP contribution in [0.3, 0.4) is 0 Å². The summed E-state index contributed by atoms with van der Waals surface area (Å²) in [6, 6.07) is 10.6. The molecule has 0 unspecified atom stereocenters. The summed E-state index contributed by atoms with van der Waals surface area (Å²) in [5.41, 5.74) is 6.90. The maximum absolute atomic E-state index is 12.7. The van der Waals surface area contributed by atoms with E-state index in [-0.39, 0.29) is 6.42 Å². The fourth-order valence-electron chi connectivity index (χ4n) is 2.27. The van der Waals surface area contributed by atoms with Crippen LogP contribution < -0.4 is 5.73 Å². The smallest absolute Gasteiger partial charge is 0.325 e. The predicted molar refractivity (Wildman–Crippen MR) is 75.1 cm³/mol. The molecule has 0 aliphatic rings. The van der Waals surface area contributed by atoms with Crippen LogP contribution in [-0.4, -0.2) is 14.6 Å². The number of hydrogen-bond donors (Lipinski definition) is 1. The molecule has 0 saturated carbocycles. The first-order chi connectivity index (χ1) is 10.5. The topological polar surface area (TPSA) is 56.2 Å². The van der Waals surface area contributed by atoms with Crippen molar-refractivity contribution in [3.8, 4) is 0 Å². The van der Waals surface area contributed by atoms with Gasteiger partial charge >= 0.3 is 6.18 Å². The van der Waals surface area contributed by atoms with Gasteiger partial charge in [0, 0.05) is 13.0 Å². The van der Waals surface area contributed by atoms with Crippen LogP contribution in [0.5, 0.6) is 0 Å². The molecule has 22 heavy (non-hydrogen) atoms. The van der Waals surface area contributed by atoms with Crippen LogP contribution >= 0.6 is 0 Å². The molecule has 114 valence electrons. The second-order valence-electron chi connectivity index (χ2n) is 4.89. The Morgan fingerprint density at radius 1 is 1.09 bits per heavy atom. The van der Waals surface area contributed by atoms with Crippen molar-refractivity contribution in [2.75, 3.05) is 0 Å². The van der Waals surface area contributed by atoms with Crippen molar-refractivity contribution in [2.45, 2.75) is 19.1 Å². The number of benzene rings is 1. The maximum atomic E-state index is 12.7. The van der Waals surface area contributed by atoms with Crippen LogP contribution in [0.4, 0.5) is 13.2 Å². The first kappa shape index (κ1) is 14.5. The molecule has 0 amide bonds. The van der Waals surface area contributed by atoms with E-state index in [0.29, 0.717) is 23.6 Å². The number of nitrogens with zero attached hydrogens (tertiary/aromatic N) is 3. The molecule has 2 heterocycles. The third-order valence-electron chi connectivity index (χ3n) is 3.31. The van der Waals surface area contributed by atoms with Crippen LogP contribution in [0, 0.1) is 0 Å². The Balaban J connectivity index is 1.93. The molecule has 0 radical (unpaired) electrons. The maximum Gasteiger partial charge on any atom is 0.416 e. The zero-order valence-corrected chi connectivity index (χ0v) is 11.5. The molecule has 4 nitrogen and oxygen atoms in total. The molecule has 0 bridgehead atoms. The molecular formula is C15H13F3N4. The lowest BCUT2D eigenvalue weighted by Crippen LogP contribution is -2.06. The molecule has 7 heteroatoms. The molecule has 0 saturated heterocycles. The second-order valence-corrected chi connectivity index (χ2v) is 4.89. The highest BCUT2D eigenvalue weighted by atomic mass is 19.4. The Labute approximate surface area is 124 Å². The number of hydrogen-bond acceptors (Lipinski definition) is 3. The van der Waals surface area contributed by atoms with Gasteiger partial charge in [-0.15, -0.1) is 0 Å². The van der Waals surface area contributed by atoms with Gasteiger partial charge < -0.3 is 5.73 Å². The lowest BCUT2D eigenvalue weighted by Gasteiger charge is -2.07. The lowest BCUT2D eigenvalue weighted by molar-refractivity contribution is -0.137. The van der Waals surface area contributed by atoms with Crippen molar-refractivity contribution < 1.29 is 13.2 Å². The summed E-state index contributed by atoms with van der Waals surface area (Å²) in [6.07, 6.45) is -4.12. The van der Waals surface area contributed by atoms with Gasteiger partial charge in [-0.25, -0.2) is 9.50 Å². The predicted octanol–water partition coefficient (Wildman–Crippen LogP) is 2.80. The van der Waals surface area contributed by atoms with Crippen LogP contribution in [0.2, 0.25) is 0 Å². The summed E-state index contributed by atoms with van der Waals surface area (Å²) in [4.78, 5) is 4.32. The van der Waals surface area contributed by atoms with Crippen molar-refractivity contribution in [3.63, 3.8) is 0 Å². The van der Waals surface area contributed by atoms with Gasteiger partial charge in [-0.2, -0.15) is 18.3 Å². The monoisotopic (exact) mass is 306 g/mol. The average molecular weight is 306 g/mol. The van der Waals surface area contributed by atoms with Crippen molar-refractivity contribution in [1.29, 1.82) is 0 Å². The number of alkyl halides is 3. The highest BCUT2D eigenvalue weighted by Gasteiger charge is 2.30. The molecule has 0 aliphatic carbocycles. The SMILES string of the molecule is NCc1cccc2nc(Cc3cccc(C(F)(F)F)c3)nn12. The average Bonchev–Trinajstić information content (AvgIpc) is 2.88. The standard InChI is InChI=1S/C15H13F3N4/c16-15(17,18)11-4-1-3-10(7-11)8-13-20-14-6-2-5-12(9-19)22(14)21-13/h1-7H,8-9,19H2. The minimum absolute atomic E-state index is 0.232. The fourth-order valence-corrected chi connectivity index (χ4v) is 2.27. The Kier molecular flexibility index (Phi) is 3.58. The van der Waals surface area contributed by atoms with E-state index in [9.17, 15) is 13.2 Å². The van der Waals surface area contributed by atoms with E-state index in [2.05, 4.69) is 10.1 Å². The van der Waals surface area contributed by atoms with E-state index in [1.807, 2.05) is 12.1 Å². The first-order valence-electron chi connectivity index (χ1n) is 6.67. The van der Waals surface area contributed by atoms with Crippen molar-refractivity contribution in [1.82, 2.24) is 14.6 Å². The Morgan fingerprint density at radius 2 is 1.86 bits per heavy atom. The second kappa shape index (κ2) is 5.42. The molecule has 3 rings (SSSR count). The molecule has 2 N–H and O–H groups in total. The summed E-state index contributed by atoms with van der Waals surface area (Å²) in [5.74, 6) is 0.459. The van der Waals surface area contributed by atoms with Gasteiger partial charge in [0.1, 0.15) is 0 Å². The van der Waals surface area contributed by atoms with Crippen molar-refractivity contribution in [2.24, 2.45) is 5.73 Å². The number of fused-ring (bicyclic) bond motifs is 1. The molecule has 2 aromatic heterocycles. The van der Waals surface area contributed by atoms with Crippen molar-refractivity contribution in [3.05, 3.63) is 65.1 Å². The summed E-state index contributed by atoms with van der Waals surface area (Å²) >= 11 is 0. The van der Waals surface area contributed by atoms with Gasteiger partial charge in [0.2, 0.25) is 0 Å². The normalized spacial score (nSPS) is 12.0. The largest absolute Gasteiger partial charge is 0.416 e. The number of halogens is 3. The van der Waals surface area contributed by atoms with E-state index in [0.717, 1.165) is 17.8 Å². The molecule has 0 aliphatic heterocycles. The van der Waals surface area contributed by atoms with Gasteiger partial charge in [-0.3, -0.25) is 0 Å². The van der Waals surface area contributed by atoms with Crippen LogP contribution in [-0.2, 0) is 19.1 Å². The van der Waals surface area contributed by atoms with Gasteiger partial charge in [0.25, 0.3) is 0 Å². The van der Waals surface area contributed by atoms with Gasteiger partial charge in [0.15, 0.2) is 11.5 Å². The molecule has 0 atom stereocenters. The molecule has 0 fully saturated rings. The summed E-state index contributed by atoms with van der Waals surface area (Å²) < 4.78 is 39.8. The van der Waals surface area contributed by atoms with E-state index in [1.165, 1.54) is 6.07 Å². The van der Waals surface area contributed by atoms with E-state index >= 15 is 0 Å². The summed E-state index contributed by atoms with van der Waals surface area (Å²) in [6.45, 7) is 0.309. The van der Waals surface area contributed by atoms with E-state index < -0.39 is 11.7 Å². The summed E-state index contributed by atoms with van der Waals surface area (Å²) in [5, 5.41) is 4.31. The molecule has 3 aromatic rings. The fraction of sp³-hybridized carbons (Fsp3) is 0.200. The van der Waals surface area contributed by atoms with E-state index in [4.69, 9.17) is 5.73 Å². The Hall–Kier alpha value is -2.41.